The van der Waals surface area contributed by atoms with Crippen LogP contribution in [0.2, 0.25) is 0 Å². The average Bonchev–Trinajstić information content (AvgIpc) is 2.47. The lowest BCUT2D eigenvalue weighted by molar-refractivity contribution is -0.133. The molecule has 1 aromatic rings. The van der Waals surface area contributed by atoms with Gasteiger partial charge in [0, 0.05) is 33.7 Å². The first-order chi connectivity index (χ1) is 9.92. The molecule has 1 heterocycles. The molecule has 0 bridgehead atoms. The molecule has 1 N–H and O–H groups in total. The largest absolute Gasteiger partial charge is 0.347 e. The Morgan fingerprint density at radius 2 is 2.00 bits per heavy atom. The van der Waals surface area contributed by atoms with Crippen molar-refractivity contribution >= 4 is 15.9 Å². The van der Waals surface area contributed by atoms with Gasteiger partial charge in [-0.1, -0.05) is 30.3 Å². The van der Waals surface area contributed by atoms with Crippen LogP contribution < -0.4 is 5.32 Å². The highest BCUT2D eigenvalue weighted by Crippen LogP contribution is 2.16. The molecule has 1 atom stereocenters. The maximum absolute atomic E-state index is 12.6. The predicted molar refractivity (Wildman–Crippen MR) is 81.1 cm³/mol. The molecule has 0 aromatic heterocycles. The summed E-state index contributed by atoms with van der Waals surface area (Å²) in [5, 5.41) is 3.08. The van der Waals surface area contributed by atoms with Gasteiger partial charge in [-0.05, 0) is 5.56 Å². The Balaban J connectivity index is 2.21. The van der Waals surface area contributed by atoms with E-state index in [1.807, 2.05) is 18.2 Å². The Kier molecular flexibility index (Phi) is 4.97. The van der Waals surface area contributed by atoms with E-state index >= 15 is 0 Å². The van der Waals surface area contributed by atoms with Crippen LogP contribution in [0.4, 0.5) is 0 Å². The number of carbonyl (C=O) groups is 1. The summed E-state index contributed by atoms with van der Waals surface area (Å²) >= 11 is 0. The zero-order valence-corrected chi connectivity index (χ0v) is 13.1. The molecule has 1 unspecified atom stereocenters. The molecule has 1 aliphatic heterocycles. The van der Waals surface area contributed by atoms with Gasteiger partial charge < -0.3 is 10.2 Å². The van der Waals surface area contributed by atoms with Crippen LogP contribution in [-0.2, 0) is 20.6 Å². The van der Waals surface area contributed by atoms with E-state index in [0.29, 0.717) is 19.6 Å². The maximum atomic E-state index is 12.6. The summed E-state index contributed by atoms with van der Waals surface area (Å²) in [4.78, 5) is 13.6. The molecule has 1 aromatic carbocycles. The number of nitrogens with one attached hydrogen (secondary N) is 1. The molecule has 2 rings (SSSR count). The van der Waals surface area contributed by atoms with Crippen molar-refractivity contribution < 1.29 is 13.2 Å². The highest BCUT2D eigenvalue weighted by Gasteiger charge is 2.37. The number of rotatable bonds is 4. The highest BCUT2D eigenvalue weighted by molar-refractivity contribution is 7.88. The third-order valence-electron chi connectivity index (χ3n) is 3.47. The zero-order valence-electron chi connectivity index (χ0n) is 12.3. The maximum Gasteiger partial charge on any atom is 0.241 e. The molecule has 7 heteroatoms. The van der Waals surface area contributed by atoms with Crippen molar-refractivity contribution in [1.29, 1.82) is 0 Å². The number of carbonyl (C=O) groups excluding carboxylic acids is 1. The van der Waals surface area contributed by atoms with Crippen molar-refractivity contribution in [1.82, 2.24) is 14.5 Å². The van der Waals surface area contributed by atoms with E-state index in [1.54, 1.807) is 26.2 Å². The van der Waals surface area contributed by atoms with E-state index in [9.17, 15) is 13.2 Å². The van der Waals surface area contributed by atoms with Gasteiger partial charge in [-0.3, -0.25) is 4.79 Å². The number of likely N-dealkylation sites (N-methyl/N-ethyl adjacent to an activating group) is 1. The first-order valence-corrected chi connectivity index (χ1v) is 8.48. The van der Waals surface area contributed by atoms with Gasteiger partial charge in [0.15, 0.2) is 0 Å². The van der Waals surface area contributed by atoms with E-state index in [2.05, 4.69) is 5.32 Å². The van der Waals surface area contributed by atoms with E-state index < -0.39 is 16.1 Å². The molecular formula is C14H21N3O3S. The van der Waals surface area contributed by atoms with Crippen LogP contribution >= 0.6 is 0 Å². The molecule has 6 nitrogen and oxygen atoms in total. The number of amides is 1. The fraction of sp³-hybridized carbons (Fsp3) is 0.500. The normalized spacial score (nSPS) is 20.2. The molecule has 0 spiro atoms. The van der Waals surface area contributed by atoms with Crippen LogP contribution in [0, 0.1) is 0 Å². The van der Waals surface area contributed by atoms with Crippen LogP contribution in [0.5, 0.6) is 0 Å². The van der Waals surface area contributed by atoms with Gasteiger partial charge in [-0.15, -0.1) is 0 Å². The third kappa shape index (κ3) is 3.81. The number of hydrogen-bond donors (Lipinski definition) is 1. The molecule has 1 amide bonds. The van der Waals surface area contributed by atoms with Gasteiger partial charge in [-0.25, -0.2) is 8.42 Å². The minimum atomic E-state index is -3.52. The molecule has 21 heavy (non-hydrogen) atoms. The lowest BCUT2D eigenvalue weighted by Gasteiger charge is -2.35. The van der Waals surface area contributed by atoms with Crippen molar-refractivity contribution in [2.75, 3.05) is 33.7 Å². The van der Waals surface area contributed by atoms with Gasteiger partial charge in [0.25, 0.3) is 0 Å². The summed E-state index contributed by atoms with van der Waals surface area (Å²) in [5.41, 5.74) is 0.729. The number of nitrogens with zero attached hydrogens (tertiary/aromatic N) is 2. The molecule has 0 aliphatic carbocycles. The van der Waals surface area contributed by atoms with Gasteiger partial charge >= 0.3 is 0 Å². The zero-order chi connectivity index (χ0) is 15.5. The standard InChI is InChI=1S/C14H21N3O3S/c1-16(2)14(18)13-10-15-8-9-17(13)21(19,20)11-12-6-4-3-5-7-12/h3-7,13,15H,8-11H2,1-2H3. The van der Waals surface area contributed by atoms with E-state index in [-0.39, 0.29) is 11.7 Å². The minimum Gasteiger partial charge on any atom is -0.347 e. The lowest BCUT2D eigenvalue weighted by atomic mass is 10.2. The van der Waals surface area contributed by atoms with Crippen LogP contribution in [0.25, 0.3) is 0 Å². The fourth-order valence-electron chi connectivity index (χ4n) is 2.39. The number of piperazine rings is 1. The monoisotopic (exact) mass is 311 g/mol. The van der Waals surface area contributed by atoms with Crippen LogP contribution in [0.1, 0.15) is 5.56 Å². The van der Waals surface area contributed by atoms with Crippen molar-refractivity contribution in [2.24, 2.45) is 0 Å². The SMILES string of the molecule is CN(C)C(=O)C1CNCCN1S(=O)(=O)Cc1ccccc1. The van der Waals surface area contributed by atoms with E-state index in [1.165, 1.54) is 9.21 Å². The number of hydrogen-bond acceptors (Lipinski definition) is 4. The summed E-state index contributed by atoms with van der Waals surface area (Å²) in [6.45, 7) is 1.23. The first-order valence-electron chi connectivity index (χ1n) is 6.87. The summed E-state index contributed by atoms with van der Waals surface area (Å²) in [5.74, 6) is -0.274. The number of benzene rings is 1. The fourth-order valence-corrected chi connectivity index (χ4v) is 4.10. The third-order valence-corrected chi connectivity index (χ3v) is 5.32. The Labute approximate surface area is 125 Å². The van der Waals surface area contributed by atoms with E-state index in [4.69, 9.17) is 0 Å². The number of sulfonamides is 1. The summed E-state index contributed by atoms with van der Waals surface area (Å²) < 4.78 is 26.6. The van der Waals surface area contributed by atoms with Gasteiger partial charge in [-0.2, -0.15) is 4.31 Å². The second-order valence-corrected chi connectivity index (χ2v) is 7.23. The quantitative estimate of drug-likeness (QED) is 0.841. The highest BCUT2D eigenvalue weighted by atomic mass is 32.2. The van der Waals surface area contributed by atoms with Crippen molar-refractivity contribution in [3.63, 3.8) is 0 Å². The molecule has 116 valence electrons. The van der Waals surface area contributed by atoms with Crippen molar-refractivity contribution in [3.8, 4) is 0 Å². The second kappa shape index (κ2) is 6.55. The Bertz CT molecular complexity index is 587. The lowest BCUT2D eigenvalue weighted by Crippen LogP contribution is -2.59. The van der Waals surface area contributed by atoms with Gasteiger partial charge in [0.1, 0.15) is 6.04 Å². The smallest absolute Gasteiger partial charge is 0.241 e. The second-order valence-electron chi connectivity index (χ2n) is 5.31. The molecule has 1 saturated heterocycles. The van der Waals surface area contributed by atoms with Crippen molar-refractivity contribution in [2.45, 2.75) is 11.8 Å². The van der Waals surface area contributed by atoms with Gasteiger partial charge in [0.2, 0.25) is 15.9 Å². The average molecular weight is 311 g/mol. The minimum absolute atomic E-state index is 0.0783. The van der Waals surface area contributed by atoms with E-state index in [0.717, 1.165) is 5.56 Å². The molecular weight excluding hydrogens is 290 g/mol. The topological polar surface area (TPSA) is 69.7 Å². The van der Waals surface area contributed by atoms with Crippen LogP contribution in [-0.4, -0.2) is 63.3 Å². The van der Waals surface area contributed by atoms with Crippen molar-refractivity contribution in [3.05, 3.63) is 35.9 Å². The molecule has 1 aliphatic rings. The summed E-state index contributed by atoms with van der Waals surface area (Å²) in [7, 11) is -0.243. The van der Waals surface area contributed by atoms with Gasteiger partial charge in [0.05, 0.1) is 5.75 Å². The Morgan fingerprint density at radius 3 is 2.62 bits per heavy atom. The van der Waals surface area contributed by atoms with Crippen LogP contribution in [0.3, 0.4) is 0 Å². The summed E-state index contributed by atoms with van der Waals surface area (Å²) in [6.07, 6.45) is 0. The molecule has 1 fully saturated rings. The molecule has 0 radical (unpaired) electrons. The first kappa shape index (κ1) is 15.9. The Morgan fingerprint density at radius 1 is 1.33 bits per heavy atom. The molecule has 0 saturated carbocycles. The predicted octanol–water partition coefficient (Wildman–Crippen LogP) is -0.122. The van der Waals surface area contributed by atoms with Crippen LogP contribution in [0.15, 0.2) is 30.3 Å². The Hall–Kier alpha value is -1.44. The summed E-state index contributed by atoms with van der Waals surface area (Å²) in [6, 6.07) is 8.36.